The van der Waals surface area contributed by atoms with Crippen LogP contribution in [0.1, 0.15) is 232 Å². The van der Waals surface area contributed by atoms with Gasteiger partial charge in [-0.3, -0.25) is 4.79 Å². The van der Waals surface area contributed by atoms with E-state index in [1.807, 2.05) is 6.08 Å². The topological polar surface area (TPSA) is 149 Å². The van der Waals surface area contributed by atoms with Gasteiger partial charge in [0, 0.05) is 6.42 Å². The van der Waals surface area contributed by atoms with Crippen molar-refractivity contribution in [1.29, 1.82) is 0 Å². The van der Waals surface area contributed by atoms with E-state index in [0.717, 1.165) is 77.0 Å². The molecule has 69 heavy (non-hydrogen) atoms. The van der Waals surface area contributed by atoms with Crippen molar-refractivity contribution in [2.45, 2.75) is 275 Å². The molecule has 1 amide bonds. The zero-order valence-corrected chi connectivity index (χ0v) is 44.0. The first-order valence-corrected chi connectivity index (χ1v) is 28.3. The van der Waals surface area contributed by atoms with E-state index < -0.39 is 49.5 Å². The summed E-state index contributed by atoms with van der Waals surface area (Å²) in [5.74, 6) is -0.180. The molecule has 0 spiro atoms. The third-order valence-corrected chi connectivity index (χ3v) is 13.0. The summed E-state index contributed by atoms with van der Waals surface area (Å²) in [4.78, 5) is 13.0. The number of nitrogens with one attached hydrogen (secondary N) is 1. The molecule has 1 saturated heterocycles. The quantitative estimate of drug-likeness (QED) is 0.0261. The van der Waals surface area contributed by atoms with E-state index in [4.69, 9.17) is 9.47 Å². The van der Waals surface area contributed by atoms with E-state index in [2.05, 4.69) is 92.1 Å². The summed E-state index contributed by atoms with van der Waals surface area (Å²) in [6, 6.07) is -0.808. The summed E-state index contributed by atoms with van der Waals surface area (Å²) in [6.07, 6.45) is 62.2. The van der Waals surface area contributed by atoms with Gasteiger partial charge >= 0.3 is 0 Å². The van der Waals surface area contributed by atoms with Gasteiger partial charge in [0.15, 0.2) is 6.29 Å². The number of hydrogen-bond donors (Lipinski definition) is 6. The lowest BCUT2D eigenvalue weighted by Crippen LogP contribution is -2.60. The van der Waals surface area contributed by atoms with Crippen molar-refractivity contribution in [3.8, 4) is 0 Å². The van der Waals surface area contributed by atoms with Gasteiger partial charge in [0.2, 0.25) is 5.91 Å². The molecule has 398 valence electrons. The molecule has 0 aromatic heterocycles. The molecule has 9 nitrogen and oxygen atoms in total. The Morgan fingerprint density at radius 3 is 1.33 bits per heavy atom. The normalized spacial score (nSPS) is 20.1. The lowest BCUT2D eigenvalue weighted by atomic mass is 9.99. The van der Waals surface area contributed by atoms with E-state index >= 15 is 0 Å². The van der Waals surface area contributed by atoms with Crippen molar-refractivity contribution in [2.75, 3.05) is 13.2 Å². The average Bonchev–Trinajstić information content (AvgIpc) is 3.35. The minimum atomic E-state index is -1.57. The summed E-state index contributed by atoms with van der Waals surface area (Å²) in [6.45, 7) is 3.66. The lowest BCUT2D eigenvalue weighted by Gasteiger charge is -2.40. The van der Waals surface area contributed by atoms with Crippen LogP contribution >= 0.6 is 0 Å². The van der Waals surface area contributed by atoms with Crippen LogP contribution in [0, 0.1) is 0 Å². The Morgan fingerprint density at radius 2 is 0.899 bits per heavy atom. The van der Waals surface area contributed by atoms with Gasteiger partial charge in [0.25, 0.3) is 0 Å². The minimum Gasteiger partial charge on any atom is -0.394 e. The first-order chi connectivity index (χ1) is 33.8. The fourth-order valence-electron chi connectivity index (χ4n) is 8.51. The second-order valence-corrected chi connectivity index (χ2v) is 19.4. The Hall–Kier alpha value is -2.63. The molecular weight excluding hydrogens is 863 g/mol. The molecule has 9 heteroatoms. The molecule has 0 saturated carbocycles. The molecule has 1 rings (SSSR count). The van der Waals surface area contributed by atoms with Gasteiger partial charge in [-0.1, -0.05) is 240 Å². The van der Waals surface area contributed by atoms with Crippen LogP contribution in [0.15, 0.2) is 85.1 Å². The number of allylic oxidation sites excluding steroid dienone is 13. The molecule has 7 atom stereocenters. The van der Waals surface area contributed by atoms with Gasteiger partial charge in [-0.25, -0.2) is 0 Å². The summed E-state index contributed by atoms with van der Waals surface area (Å²) in [5, 5.41) is 54.4. The average molecular weight is 968 g/mol. The number of amides is 1. The van der Waals surface area contributed by atoms with Gasteiger partial charge in [0.1, 0.15) is 24.4 Å². The van der Waals surface area contributed by atoms with E-state index in [9.17, 15) is 30.3 Å². The number of rotatable bonds is 47. The highest BCUT2D eigenvalue weighted by molar-refractivity contribution is 5.76. The predicted molar refractivity (Wildman–Crippen MR) is 290 cm³/mol. The number of aliphatic hydroxyl groups is 5. The van der Waals surface area contributed by atoms with Crippen LogP contribution < -0.4 is 5.32 Å². The predicted octanol–water partition coefficient (Wildman–Crippen LogP) is 13.8. The largest absolute Gasteiger partial charge is 0.394 e. The Kier molecular flexibility index (Phi) is 45.7. The highest BCUT2D eigenvalue weighted by atomic mass is 16.7. The van der Waals surface area contributed by atoms with Crippen molar-refractivity contribution in [3.63, 3.8) is 0 Å². The van der Waals surface area contributed by atoms with E-state index in [1.165, 1.54) is 135 Å². The molecule has 0 aromatic carbocycles. The van der Waals surface area contributed by atoms with Gasteiger partial charge in [0.05, 0.1) is 25.4 Å². The van der Waals surface area contributed by atoms with Crippen LogP contribution in [-0.2, 0) is 14.3 Å². The Labute approximate surface area is 422 Å². The minimum absolute atomic E-state index is 0.180. The summed E-state index contributed by atoms with van der Waals surface area (Å²) >= 11 is 0. The van der Waals surface area contributed by atoms with E-state index in [-0.39, 0.29) is 12.5 Å². The maximum absolute atomic E-state index is 13.0. The third-order valence-electron chi connectivity index (χ3n) is 13.0. The standard InChI is InChI=1S/C60H105NO8/c1-3-5-7-9-11-13-15-17-18-19-20-21-22-23-24-25-26-27-28-29-30-31-32-33-34-35-36-38-40-42-44-46-48-50-56(64)61-53(52-68-60-59(67)58(66)57(65)55(51-62)69-60)54(63)49-47-45-43-41-39-37-16-14-12-10-8-6-4-2/h5,7,11,13,17-18,20-21,23-24,26-27,47,49,53-55,57-60,62-63,65-67H,3-4,6,8-10,12,14-16,19,22,25,28-46,48,50-52H2,1-2H3,(H,61,64)/b7-5-,13-11-,18-17-,21-20-,24-23-,27-26-,49-47+. The van der Waals surface area contributed by atoms with Gasteiger partial charge in [-0.15, -0.1) is 0 Å². The van der Waals surface area contributed by atoms with Crippen molar-refractivity contribution < 1.29 is 39.8 Å². The smallest absolute Gasteiger partial charge is 0.220 e. The molecule has 6 N–H and O–H groups in total. The fraction of sp³-hybridized carbons (Fsp3) is 0.750. The number of carbonyl (C=O) groups is 1. The first kappa shape index (κ1) is 64.4. The number of unbranched alkanes of at least 4 members (excludes halogenated alkanes) is 25. The molecule has 1 aliphatic heterocycles. The molecule has 1 fully saturated rings. The summed E-state index contributed by atoms with van der Waals surface area (Å²) < 4.78 is 11.2. The van der Waals surface area contributed by atoms with E-state index in [1.54, 1.807) is 6.08 Å². The molecule has 0 bridgehead atoms. The summed E-state index contributed by atoms with van der Waals surface area (Å²) in [5.41, 5.74) is 0. The molecule has 0 radical (unpaired) electrons. The number of hydrogen-bond acceptors (Lipinski definition) is 8. The van der Waals surface area contributed by atoms with Crippen LogP contribution in [0.5, 0.6) is 0 Å². The number of aliphatic hydroxyl groups excluding tert-OH is 5. The van der Waals surface area contributed by atoms with Gasteiger partial charge < -0.3 is 40.3 Å². The molecule has 7 unspecified atom stereocenters. The maximum atomic E-state index is 13.0. The molecule has 1 heterocycles. The Balaban J connectivity index is 2.15. The van der Waals surface area contributed by atoms with Crippen molar-refractivity contribution in [1.82, 2.24) is 5.32 Å². The lowest BCUT2D eigenvalue weighted by molar-refractivity contribution is -0.302. The summed E-state index contributed by atoms with van der Waals surface area (Å²) in [7, 11) is 0. The Morgan fingerprint density at radius 1 is 0.507 bits per heavy atom. The SMILES string of the molecule is CC/C=C\C/C=C\C/C=C\C/C=C\C/C=C\C/C=C\CCCCCCCCCCCCCCCCC(=O)NC(COC1OC(CO)C(O)C(O)C1O)C(O)/C=C/CCCCCCCCCCCCC. The van der Waals surface area contributed by atoms with Crippen LogP contribution in [0.25, 0.3) is 0 Å². The second kappa shape index (κ2) is 49.0. The van der Waals surface area contributed by atoms with Crippen molar-refractivity contribution in [2.24, 2.45) is 0 Å². The molecule has 0 aliphatic carbocycles. The highest BCUT2D eigenvalue weighted by Crippen LogP contribution is 2.23. The highest BCUT2D eigenvalue weighted by Gasteiger charge is 2.44. The second-order valence-electron chi connectivity index (χ2n) is 19.4. The third kappa shape index (κ3) is 38.7. The Bertz CT molecular complexity index is 1350. The number of ether oxygens (including phenoxy) is 2. The zero-order valence-electron chi connectivity index (χ0n) is 44.0. The maximum Gasteiger partial charge on any atom is 0.220 e. The van der Waals surface area contributed by atoms with Crippen LogP contribution in [0.3, 0.4) is 0 Å². The van der Waals surface area contributed by atoms with Crippen LogP contribution in [0.2, 0.25) is 0 Å². The van der Waals surface area contributed by atoms with Crippen molar-refractivity contribution >= 4 is 5.91 Å². The fourth-order valence-corrected chi connectivity index (χ4v) is 8.51. The molecule has 1 aliphatic rings. The van der Waals surface area contributed by atoms with Crippen LogP contribution in [-0.4, -0.2) is 87.5 Å². The van der Waals surface area contributed by atoms with Gasteiger partial charge in [-0.2, -0.15) is 0 Å². The first-order valence-electron chi connectivity index (χ1n) is 28.3. The van der Waals surface area contributed by atoms with E-state index in [0.29, 0.717) is 6.42 Å². The molecule has 0 aromatic rings. The molecular formula is C60H105NO8. The monoisotopic (exact) mass is 968 g/mol. The number of carbonyl (C=O) groups excluding carboxylic acids is 1. The van der Waals surface area contributed by atoms with Crippen LogP contribution in [0.4, 0.5) is 0 Å². The van der Waals surface area contributed by atoms with Crippen molar-refractivity contribution in [3.05, 3.63) is 85.1 Å². The van der Waals surface area contributed by atoms with Gasteiger partial charge in [-0.05, 0) is 70.6 Å². The zero-order chi connectivity index (χ0) is 50.1.